The summed E-state index contributed by atoms with van der Waals surface area (Å²) in [6.45, 7) is 3.05. The maximum atomic E-state index is 12.8. The third kappa shape index (κ3) is 3.97. The molecule has 0 saturated carbocycles. The van der Waals surface area contributed by atoms with Crippen LogP contribution in [0.4, 0.5) is 15.4 Å². The van der Waals surface area contributed by atoms with E-state index >= 15 is 0 Å². The summed E-state index contributed by atoms with van der Waals surface area (Å²) in [4.78, 5) is 19.9. The van der Waals surface area contributed by atoms with E-state index in [0.29, 0.717) is 18.9 Å². The monoisotopic (exact) mass is 343 g/mol. The Bertz CT molecular complexity index is 674. The number of pyridine rings is 1. The van der Waals surface area contributed by atoms with Crippen molar-refractivity contribution in [2.24, 2.45) is 5.92 Å². The summed E-state index contributed by atoms with van der Waals surface area (Å²) in [6, 6.07) is 3.61. The van der Waals surface area contributed by atoms with E-state index in [2.05, 4.69) is 9.88 Å². The van der Waals surface area contributed by atoms with Gasteiger partial charge in [-0.3, -0.25) is 4.79 Å². The van der Waals surface area contributed by atoms with Crippen LogP contribution in [0.3, 0.4) is 0 Å². The number of carbonyl (C=O) groups is 1. The number of morpholine rings is 1. The molecule has 2 fully saturated rings. The van der Waals surface area contributed by atoms with Gasteiger partial charge in [0, 0.05) is 32.0 Å². The number of amides is 1. The molecule has 1 atom stereocenters. The molecule has 0 bridgehead atoms. The van der Waals surface area contributed by atoms with Gasteiger partial charge in [-0.1, -0.05) is 0 Å². The second-order valence-corrected chi connectivity index (χ2v) is 7.17. The van der Waals surface area contributed by atoms with Crippen molar-refractivity contribution in [1.82, 2.24) is 4.98 Å². The van der Waals surface area contributed by atoms with Crippen molar-refractivity contribution in [1.29, 1.82) is 0 Å². The minimum atomic E-state index is -4.57. The van der Waals surface area contributed by atoms with E-state index in [1.165, 1.54) is 4.90 Å². The molecule has 1 aromatic heterocycles. The molecular weight excluding hydrogens is 325 g/mol. The van der Waals surface area contributed by atoms with Crippen molar-refractivity contribution in [3.8, 4) is 0 Å². The van der Waals surface area contributed by atoms with Gasteiger partial charge in [0.2, 0.25) is 5.91 Å². The standard InChI is InChI=1S/C14H18FN3O4S/c15-23(20,21)10-11-7-14(19)18(9-11)12-1-2-13(16-8-12)17-3-5-22-6-4-17/h1-2,8,11H,3-7,9-10H2. The highest BCUT2D eigenvalue weighted by Crippen LogP contribution is 2.27. The lowest BCUT2D eigenvalue weighted by atomic mass is 10.1. The van der Waals surface area contributed by atoms with Crippen LogP contribution in [0.5, 0.6) is 0 Å². The zero-order valence-electron chi connectivity index (χ0n) is 12.5. The summed E-state index contributed by atoms with van der Waals surface area (Å²) in [5, 5.41) is 0. The number of nitrogens with zero attached hydrogens (tertiary/aromatic N) is 3. The van der Waals surface area contributed by atoms with Gasteiger partial charge in [0.05, 0.1) is 30.9 Å². The maximum Gasteiger partial charge on any atom is 0.302 e. The summed E-state index contributed by atoms with van der Waals surface area (Å²) in [5.41, 5.74) is 0.603. The summed E-state index contributed by atoms with van der Waals surface area (Å²) in [7, 11) is -4.57. The first-order valence-corrected chi connectivity index (χ1v) is 8.99. The quantitative estimate of drug-likeness (QED) is 0.744. The van der Waals surface area contributed by atoms with Crippen molar-refractivity contribution in [2.75, 3.05) is 48.4 Å². The Morgan fingerprint density at radius 1 is 1.30 bits per heavy atom. The Hall–Kier alpha value is -1.74. The predicted molar refractivity (Wildman–Crippen MR) is 82.6 cm³/mol. The number of hydrogen-bond acceptors (Lipinski definition) is 6. The van der Waals surface area contributed by atoms with Gasteiger partial charge in [-0.2, -0.15) is 8.42 Å². The molecular formula is C14H18FN3O4S. The van der Waals surface area contributed by atoms with E-state index < -0.39 is 21.9 Å². The number of rotatable bonds is 4. The molecule has 7 nitrogen and oxygen atoms in total. The number of ether oxygens (including phenoxy) is 1. The van der Waals surface area contributed by atoms with Crippen molar-refractivity contribution in [2.45, 2.75) is 6.42 Å². The fourth-order valence-corrected chi connectivity index (χ4v) is 3.73. The Morgan fingerprint density at radius 3 is 2.65 bits per heavy atom. The molecule has 126 valence electrons. The van der Waals surface area contributed by atoms with Gasteiger partial charge in [0.1, 0.15) is 5.82 Å². The fraction of sp³-hybridized carbons (Fsp3) is 0.571. The van der Waals surface area contributed by atoms with Crippen LogP contribution in [0.15, 0.2) is 18.3 Å². The first-order valence-electron chi connectivity index (χ1n) is 7.44. The van der Waals surface area contributed by atoms with Crippen LogP contribution >= 0.6 is 0 Å². The highest BCUT2D eigenvalue weighted by molar-refractivity contribution is 7.86. The van der Waals surface area contributed by atoms with Crippen LogP contribution < -0.4 is 9.80 Å². The molecule has 2 aliphatic heterocycles. The topological polar surface area (TPSA) is 79.8 Å². The molecule has 2 aliphatic rings. The molecule has 0 aliphatic carbocycles. The van der Waals surface area contributed by atoms with Gasteiger partial charge in [0.25, 0.3) is 0 Å². The minimum Gasteiger partial charge on any atom is -0.378 e. The van der Waals surface area contributed by atoms with Gasteiger partial charge < -0.3 is 14.5 Å². The molecule has 0 aromatic carbocycles. The molecule has 3 rings (SSSR count). The second-order valence-electron chi connectivity index (χ2n) is 5.75. The molecule has 23 heavy (non-hydrogen) atoms. The van der Waals surface area contributed by atoms with Gasteiger partial charge in [-0.15, -0.1) is 3.89 Å². The molecule has 1 unspecified atom stereocenters. The zero-order chi connectivity index (χ0) is 16.4. The van der Waals surface area contributed by atoms with Gasteiger partial charge in [0.15, 0.2) is 0 Å². The Labute approximate surface area is 134 Å². The normalized spacial score (nSPS) is 22.7. The lowest BCUT2D eigenvalue weighted by Crippen LogP contribution is -2.36. The Morgan fingerprint density at radius 2 is 2.04 bits per heavy atom. The summed E-state index contributed by atoms with van der Waals surface area (Å²) < 4.78 is 39.5. The first kappa shape index (κ1) is 16.1. The number of hydrogen-bond donors (Lipinski definition) is 0. The first-order chi connectivity index (χ1) is 10.9. The van der Waals surface area contributed by atoms with Crippen LogP contribution in [-0.2, 0) is 19.8 Å². The van der Waals surface area contributed by atoms with Crippen LogP contribution in [-0.4, -0.2) is 57.9 Å². The van der Waals surface area contributed by atoms with Crippen LogP contribution in [0.1, 0.15) is 6.42 Å². The lowest BCUT2D eigenvalue weighted by molar-refractivity contribution is -0.117. The summed E-state index contributed by atoms with van der Waals surface area (Å²) in [5.74, 6) is -0.531. The Balaban J connectivity index is 1.68. The van der Waals surface area contributed by atoms with E-state index in [0.717, 1.165) is 18.9 Å². The molecule has 1 aromatic rings. The summed E-state index contributed by atoms with van der Waals surface area (Å²) in [6.07, 6.45) is 1.63. The highest BCUT2D eigenvalue weighted by atomic mass is 32.3. The second kappa shape index (κ2) is 6.40. The van der Waals surface area contributed by atoms with Crippen LogP contribution in [0.25, 0.3) is 0 Å². The van der Waals surface area contributed by atoms with Crippen molar-refractivity contribution < 1.29 is 21.8 Å². The smallest absolute Gasteiger partial charge is 0.302 e. The van der Waals surface area contributed by atoms with E-state index in [4.69, 9.17) is 4.74 Å². The SMILES string of the molecule is O=C1CC(CS(=O)(=O)F)CN1c1ccc(N2CCOCC2)nc1. The van der Waals surface area contributed by atoms with Gasteiger partial charge in [-0.25, -0.2) is 4.98 Å². The van der Waals surface area contributed by atoms with E-state index in [1.807, 2.05) is 6.07 Å². The van der Waals surface area contributed by atoms with Crippen molar-refractivity contribution in [3.05, 3.63) is 18.3 Å². The molecule has 2 saturated heterocycles. The third-order valence-corrected chi connectivity index (χ3v) is 4.89. The van der Waals surface area contributed by atoms with Crippen LogP contribution in [0, 0.1) is 5.92 Å². The lowest BCUT2D eigenvalue weighted by Gasteiger charge is -2.28. The van der Waals surface area contributed by atoms with Gasteiger partial charge in [-0.05, 0) is 12.1 Å². The fourth-order valence-electron chi connectivity index (χ4n) is 2.94. The number of aromatic nitrogens is 1. The predicted octanol–water partition coefficient (Wildman–Crippen LogP) is 0.570. The largest absolute Gasteiger partial charge is 0.378 e. The van der Waals surface area contributed by atoms with Crippen LogP contribution in [0.2, 0.25) is 0 Å². The molecule has 3 heterocycles. The third-order valence-electron chi connectivity index (χ3n) is 4.02. The van der Waals surface area contributed by atoms with Crippen molar-refractivity contribution in [3.63, 3.8) is 0 Å². The average molecular weight is 343 g/mol. The van der Waals surface area contributed by atoms with Crippen molar-refractivity contribution >= 4 is 27.6 Å². The zero-order valence-corrected chi connectivity index (χ0v) is 13.3. The van der Waals surface area contributed by atoms with E-state index in [1.54, 1.807) is 12.3 Å². The number of carbonyl (C=O) groups excluding carboxylic acids is 1. The summed E-state index contributed by atoms with van der Waals surface area (Å²) >= 11 is 0. The van der Waals surface area contributed by atoms with E-state index in [9.17, 15) is 17.1 Å². The molecule has 0 spiro atoms. The minimum absolute atomic E-state index is 0.0361. The molecule has 9 heteroatoms. The molecule has 0 N–H and O–H groups in total. The number of anilines is 2. The molecule has 0 radical (unpaired) electrons. The average Bonchev–Trinajstić information content (AvgIpc) is 2.87. The van der Waals surface area contributed by atoms with Gasteiger partial charge >= 0.3 is 10.2 Å². The Kier molecular flexibility index (Phi) is 4.49. The number of halogens is 1. The highest BCUT2D eigenvalue weighted by Gasteiger charge is 2.33. The van der Waals surface area contributed by atoms with E-state index in [-0.39, 0.29) is 18.9 Å². The maximum absolute atomic E-state index is 12.8. The molecule has 1 amide bonds.